The lowest BCUT2D eigenvalue weighted by molar-refractivity contribution is 0.123. The standard InChI is InChI=1S/C23H34O/c1-4-7-8-12-17-22(13-5-2)23(14-6-3)18-19-24-20-21-15-10-9-11-16-21/h5-6,9-11,15-16H,2-4,7-8,12-14,17-20H2,1H3/b23-22-. The van der Waals surface area contributed by atoms with Crippen molar-refractivity contribution in [3.63, 3.8) is 0 Å². The zero-order valence-electron chi connectivity index (χ0n) is 15.4. The predicted octanol–water partition coefficient (Wildman–Crippen LogP) is 7.01. The van der Waals surface area contributed by atoms with Crippen LogP contribution >= 0.6 is 0 Å². The van der Waals surface area contributed by atoms with Crippen LogP contribution in [-0.2, 0) is 11.3 Å². The van der Waals surface area contributed by atoms with E-state index in [2.05, 4.69) is 44.3 Å². The summed E-state index contributed by atoms with van der Waals surface area (Å²) >= 11 is 0. The molecular formula is C23H34O. The van der Waals surface area contributed by atoms with E-state index in [0.29, 0.717) is 6.61 Å². The summed E-state index contributed by atoms with van der Waals surface area (Å²) in [5.74, 6) is 0. The van der Waals surface area contributed by atoms with Gasteiger partial charge < -0.3 is 4.74 Å². The molecule has 1 nitrogen and oxygen atoms in total. The van der Waals surface area contributed by atoms with Crippen molar-refractivity contribution in [2.75, 3.05) is 6.61 Å². The summed E-state index contributed by atoms with van der Waals surface area (Å²) < 4.78 is 5.87. The van der Waals surface area contributed by atoms with Crippen LogP contribution in [0.15, 0.2) is 66.8 Å². The molecule has 1 rings (SSSR count). The highest BCUT2D eigenvalue weighted by molar-refractivity contribution is 5.19. The lowest BCUT2D eigenvalue weighted by atomic mass is 9.94. The molecule has 0 unspecified atom stereocenters. The molecule has 0 spiro atoms. The summed E-state index contributed by atoms with van der Waals surface area (Å²) in [4.78, 5) is 0. The molecule has 0 bridgehead atoms. The van der Waals surface area contributed by atoms with Crippen LogP contribution < -0.4 is 0 Å². The SMILES string of the molecule is C=CC/C(CCCCCC)=C(\CC=C)CCOCc1ccccc1. The Morgan fingerprint density at radius 1 is 0.917 bits per heavy atom. The fraction of sp³-hybridized carbons (Fsp3) is 0.478. The van der Waals surface area contributed by atoms with Gasteiger partial charge in [-0.2, -0.15) is 0 Å². The van der Waals surface area contributed by atoms with Gasteiger partial charge in [-0.05, 0) is 37.7 Å². The van der Waals surface area contributed by atoms with Crippen molar-refractivity contribution in [3.8, 4) is 0 Å². The minimum absolute atomic E-state index is 0.690. The molecule has 0 N–H and O–H groups in total. The molecule has 0 radical (unpaired) electrons. The summed E-state index contributed by atoms with van der Waals surface area (Å²) in [5.41, 5.74) is 4.27. The Kier molecular flexibility index (Phi) is 11.8. The molecular weight excluding hydrogens is 292 g/mol. The normalized spacial score (nSPS) is 11.9. The minimum Gasteiger partial charge on any atom is -0.376 e. The van der Waals surface area contributed by atoms with E-state index in [1.807, 2.05) is 18.2 Å². The van der Waals surface area contributed by atoms with Crippen LogP contribution in [-0.4, -0.2) is 6.61 Å². The Bertz CT molecular complexity index is 484. The second-order valence-corrected chi connectivity index (χ2v) is 6.29. The maximum Gasteiger partial charge on any atom is 0.0717 e. The molecule has 1 aromatic carbocycles. The lowest BCUT2D eigenvalue weighted by Crippen LogP contribution is -2.00. The summed E-state index contributed by atoms with van der Waals surface area (Å²) in [6, 6.07) is 10.4. The fourth-order valence-electron chi connectivity index (χ4n) is 2.92. The summed E-state index contributed by atoms with van der Waals surface area (Å²) in [7, 11) is 0. The van der Waals surface area contributed by atoms with E-state index in [0.717, 1.165) is 25.9 Å². The van der Waals surface area contributed by atoms with Crippen molar-refractivity contribution in [2.45, 2.75) is 64.9 Å². The summed E-state index contributed by atoms with van der Waals surface area (Å²) in [5, 5.41) is 0. The number of benzene rings is 1. The topological polar surface area (TPSA) is 9.23 Å². The van der Waals surface area contributed by atoms with Gasteiger partial charge in [0.15, 0.2) is 0 Å². The van der Waals surface area contributed by atoms with E-state index in [9.17, 15) is 0 Å². The minimum atomic E-state index is 0.690. The third-order valence-electron chi connectivity index (χ3n) is 4.27. The quantitative estimate of drug-likeness (QED) is 0.264. The summed E-state index contributed by atoms with van der Waals surface area (Å²) in [6.45, 7) is 11.6. The molecule has 0 aliphatic carbocycles. The Morgan fingerprint density at radius 3 is 2.21 bits per heavy atom. The average Bonchev–Trinajstić information content (AvgIpc) is 2.61. The highest BCUT2D eigenvalue weighted by Gasteiger charge is 2.06. The van der Waals surface area contributed by atoms with E-state index in [1.165, 1.54) is 43.2 Å². The van der Waals surface area contributed by atoms with Gasteiger partial charge in [-0.25, -0.2) is 0 Å². The van der Waals surface area contributed by atoms with Gasteiger partial charge in [0.05, 0.1) is 13.2 Å². The molecule has 24 heavy (non-hydrogen) atoms. The average molecular weight is 327 g/mol. The predicted molar refractivity (Wildman–Crippen MR) is 106 cm³/mol. The number of rotatable bonds is 14. The van der Waals surface area contributed by atoms with Crippen LogP contribution in [0, 0.1) is 0 Å². The molecule has 1 aromatic rings. The van der Waals surface area contributed by atoms with E-state index >= 15 is 0 Å². The van der Waals surface area contributed by atoms with Gasteiger partial charge in [0.25, 0.3) is 0 Å². The van der Waals surface area contributed by atoms with Crippen molar-refractivity contribution < 1.29 is 4.74 Å². The first-order chi connectivity index (χ1) is 11.8. The second kappa shape index (κ2) is 13.8. The molecule has 0 amide bonds. The van der Waals surface area contributed by atoms with Crippen LogP contribution in [0.25, 0.3) is 0 Å². The molecule has 132 valence electrons. The van der Waals surface area contributed by atoms with Crippen LogP contribution in [0.2, 0.25) is 0 Å². The third kappa shape index (κ3) is 8.88. The number of hydrogen-bond donors (Lipinski definition) is 0. The monoisotopic (exact) mass is 326 g/mol. The molecule has 0 fully saturated rings. The van der Waals surface area contributed by atoms with E-state index < -0.39 is 0 Å². The van der Waals surface area contributed by atoms with Crippen molar-refractivity contribution in [2.24, 2.45) is 0 Å². The first-order valence-electron chi connectivity index (χ1n) is 9.35. The maximum absolute atomic E-state index is 5.87. The largest absolute Gasteiger partial charge is 0.376 e. The molecule has 0 aliphatic heterocycles. The first-order valence-corrected chi connectivity index (χ1v) is 9.35. The fourth-order valence-corrected chi connectivity index (χ4v) is 2.92. The van der Waals surface area contributed by atoms with E-state index in [1.54, 1.807) is 5.57 Å². The molecule has 0 saturated carbocycles. The van der Waals surface area contributed by atoms with Crippen LogP contribution in [0.4, 0.5) is 0 Å². The van der Waals surface area contributed by atoms with Crippen molar-refractivity contribution in [1.82, 2.24) is 0 Å². The third-order valence-corrected chi connectivity index (χ3v) is 4.27. The number of allylic oxidation sites excluding steroid dienone is 3. The van der Waals surface area contributed by atoms with Gasteiger partial charge in [-0.3, -0.25) is 0 Å². The Balaban J connectivity index is 2.52. The Labute approximate surface area is 149 Å². The van der Waals surface area contributed by atoms with Crippen LogP contribution in [0.5, 0.6) is 0 Å². The summed E-state index contributed by atoms with van der Waals surface area (Å²) in [6.07, 6.45) is 13.4. The van der Waals surface area contributed by atoms with Crippen molar-refractivity contribution in [1.29, 1.82) is 0 Å². The molecule has 0 aliphatic rings. The van der Waals surface area contributed by atoms with Gasteiger partial charge in [-0.1, -0.05) is 79.8 Å². The van der Waals surface area contributed by atoms with Crippen molar-refractivity contribution in [3.05, 3.63) is 72.4 Å². The molecule has 0 aromatic heterocycles. The molecule has 1 heteroatoms. The van der Waals surface area contributed by atoms with Gasteiger partial charge in [0.1, 0.15) is 0 Å². The maximum atomic E-state index is 5.87. The highest BCUT2D eigenvalue weighted by Crippen LogP contribution is 2.23. The van der Waals surface area contributed by atoms with Crippen LogP contribution in [0.1, 0.15) is 63.9 Å². The number of unbranched alkanes of at least 4 members (excludes halogenated alkanes) is 3. The van der Waals surface area contributed by atoms with E-state index in [4.69, 9.17) is 4.74 Å². The zero-order valence-corrected chi connectivity index (χ0v) is 15.4. The Hall–Kier alpha value is -1.60. The van der Waals surface area contributed by atoms with Gasteiger partial charge in [-0.15, -0.1) is 13.2 Å². The van der Waals surface area contributed by atoms with Gasteiger partial charge in [0, 0.05) is 0 Å². The Morgan fingerprint density at radius 2 is 1.58 bits per heavy atom. The molecule has 0 saturated heterocycles. The molecule has 0 atom stereocenters. The van der Waals surface area contributed by atoms with E-state index in [-0.39, 0.29) is 0 Å². The zero-order chi connectivity index (χ0) is 17.5. The van der Waals surface area contributed by atoms with Crippen molar-refractivity contribution >= 4 is 0 Å². The van der Waals surface area contributed by atoms with Crippen LogP contribution in [0.3, 0.4) is 0 Å². The highest BCUT2D eigenvalue weighted by atomic mass is 16.5. The van der Waals surface area contributed by atoms with Gasteiger partial charge >= 0.3 is 0 Å². The molecule has 0 heterocycles. The number of hydrogen-bond acceptors (Lipinski definition) is 1. The number of ether oxygens (including phenoxy) is 1. The van der Waals surface area contributed by atoms with Gasteiger partial charge in [0.2, 0.25) is 0 Å². The first kappa shape index (κ1) is 20.4. The lowest BCUT2D eigenvalue weighted by Gasteiger charge is -2.14. The second-order valence-electron chi connectivity index (χ2n) is 6.29. The smallest absolute Gasteiger partial charge is 0.0717 e.